The lowest BCUT2D eigenvalue weighted by atomic mass is 10.00. The first kappa shape index (κ1) is 33.3. The van der Waals surface area contributed by atoms with Crippen molar-refractivity contribution in [1.29, 1.82) is 5.26 Å². The van der Waals surface area contributed by atoms with E-state index < -0.39 is 23.9 Å². The number of likely N-dealkylation sites (tertiary alicyclic amines) is 1. The molecule has 2 atom stereocenters. The number of rotatable bonds is 8. The van der Waals surface area contributed by atoms with E-state index in [1.54, 1.807) is 15.9 Å². The molecule has 0 saturated carbocycles. The Balaban J connectivity index is 1.27. The fraction of sp³-hybridized carbons (Fsp3) is 0.486. The number of halogens is 3. The van der Waals surface area contributed by atoms with Gasteiger partial charge in [-0.05, 0) is 57.0 Å². The average Bonchev–Trinajstić information content (AvgIpc) is 3.49. The van der Waals surface area contributed by atoms with Gasteiger partial charge in [-0.3, -0.25) is 0 Å². The number of aromatic nitrogens is 2. The van der Waals surface area contributed by atoms with E-state index in [9.17, 15) is 23.2 Å². The summed E-state index contributed by atoms with van der Waals surface area (Å²) >= 11 is 0. The molecule has 3 aliphatic rings. The van der Waals surface area contributed by atoms with Crippen LogP contribution in [-0.2, 0) is 30.5 Å². The van der Waals surface area contributed by atoms with Crippen molar-refractivity contribution in [3.8, 4) is 12.1 Å². The van der Waals surface area contributed by atoms with Crippen LogP contribution in [0.25, 0.3) is 0 Å². The van der Waals surface area contributed by atoms with Gasteiger partial charge in [0, 0.05) is 43.5 Å². The number of amides is 1. The molecule has 1 amide bonds. The Morgan fingerprint density at radius 1 is 1.02 bits per heavy atom. The summed E-state index contributed by atoms with van der Waals surface area (Å²) in [5.74, 6) is 0.634. The number of nitriles is 1. The standard InChI is InChI=1S/C35H40F3N7O3/c1-24-8-6-12-30(31(24)35(36,37)38)43-17-14-28-29(21-43)40-33(47-23-27-11-7-16-42(27)2)41-32(28)44-18-19-45(26(20-44)13-15-39)34(46)48-22-25-9-4-3-5-10-25/h3-6,8-10,12,26-27H,7,11,13-14,16-23H2,1-2H3. The highest BCUT2D eigenvalue weighted by Gasteiger charge is 2.39. The molecule has 0 spiro atoms. The Kier molecular flexibility index (Phi) is 9.91. The van der Waals surface area contributed by atoms with Crippen LogP contribution in [0.4, 0.5) is 29.5 Å². The summed E-state index contributed by atoms with van der Waals surface area (Å²) in [5, 5.41) is 9.67. The number of nitrogens with zero attached hydrogens (tertiary/aromatic N) is 7. The van der Waals surface area contributed by atoms with Gasteiger partial charge in [-0.25, -0.2) is 4.79 Å². The molecule has 2 unspecified atom stereocenters. The van der Waals surface area contributed by atoms with Crippen LogP contribution in [0.1, 0.15) is 47.2 Å². The first-order chi connectivity index (χ1) is 23.1. The first-order valence-electron chi connectivity index (χ1n) is 16.4. The molecule has 254 valence electrons. The van der Waals surface area contributed by atoms with Crippen molar-refractivity contribution < 1.29 is 27.4 Å². The summed E-state index contributed by atoms with van der Waals surface area (Å²) < 4.78 is 54.4. The number of fused-ring (bicyclic) bond motifs is 1. The molecule has 48 heavy (non-hydrogen) atoms. The minimum absolute atomic E-state index is 0.100. The number of aryl methyl sites for hydroxylation is 1. The highest BCUT2D eigenvalue weighted by Crippen LogP contribution is 2.41. The number of anilines is 2. The predicted octanol–water partition coefficient (Wildman–Crippen LogP) is 5.58. The molecule has 3 aromatic rings. The molecular formula is C35H40F3N7O3. The molecule has 2 fully saturated rings. The third kappa shape index (κ3) is 7.28. The molecule has 10 nitrogen and oxygen atoms in total. The average molecular weight is 664 g/mol. The number of ether oxygens (including phenoxy) is 2. The second-order valence-electron chi connectivity index (χ2n) is 12.7. The Bertz CT molecular complexity index is 1650. The summed E-state index contributed by atoms with van der Waals surface area (Å²) in [7, 11) is 2.05. The molecule has 1 aromatic heterocycles. The fourth-order valence-electron chi connectivity index (χ4n) is 6.94. The number of alkyl halides is 3. The van der Waals surface area contributed by atoms with Crippen LogP contribution in [0.3, 0.4) is 0 Å². The molecule has 2 saturated heterocycles. The fourth-order valence-corrected chi connectivity index (χ4v) is 6.94. The maximum absolute atomic E-state index is 14.2. The van der Waals surface area contributed by atoms with E-state index >= 15 is 0 Å². The Hall–Kier alpha value is -4.57. The van der Waals surface area contributed by atoms with Crippen molar-refractivity contribution >= 4 is 17.6 Å². The van der Waals surface area contributed by atoms with Gasteiger partial charge in [0.25, 0.3) is 0 Å². The van der Waals surface area contributed by atoms with Gasteiger partial charge in [0.2, 0.25) is 0 Å². The monoisotopic (exact) mass is 663 g/mol. The van der Waals surface area contributed by atoms with Crippen molar-refractivity contribution in [2.24, 2.45) is 0 Å². The lowest BCUT2D eigenvalue weighted by molar-refractivity contribution is -0.137. The molecule has 6 rings (SSSR count). The van der Waals surface area contributed by atoms with Crippen LogP contribution in [0.2, 0.25) is 0 Å². The zero-order valence-corrected chi connectivity index (χ0v) is 27.2. The summed E-state index contributed by atoms with van der Waals surface area (Å²) in [6.07, 6.45) is -2.40. The topological polar surface area (TPSA) is 98.1 Å². The van der Waals surface area contributed by atoms with Crippen molar-refractivity contribution in [3.05, 3.63) is 76.5 Å². The van der Waals surface area contributed by atoms with Crippen LogP contribution >= 0.6 is 0 Å². The van der Waals surface area contributed by atoms with E-state index in [1.807, 2.05) is 35.2 Å². The van der Waals surface area contributed by atoms with Gasteiger partial charge in [-0.2, -0.15) is 28.4 Å². The van der Waals surface area contributed by atoms with E-state index in [0.29, 0.717) is 50.7 Å². The van der Waals surface area contributed by atoms with Gasteiger partial charge in [0.05, 0.1) is 36.3 Å². The van der Waals surface area contributed by atoms with Gasteiger partial charge >= 0.3 is 18.3 Å². The lowest BCUT2D eigenvalue weighted by Gasteiger charge is -2.42. The summed E-state index contributed by atoms with van der Waals surface area (Å²) in [5.41, 5.74) is 1.97. The molecular weight excluding hydrogens is 623 g/mol. The molecule has 0 N–H and O–H groups in total. The van der Waals surface area contributed by atoms with E-state index in [4.69, 9.17) is 19.4 Å². The SMILES string of the molecule is Cc1cccc(N2CCc3c(nc(OCC4CCCN4C)nc3N3CCN(C(=O)OCc4ccccc4)C(CC#N)C3)C2)c1C(F)(F)F. The van der Waals surface area contributed by atoms with Gasteiger partial charge in [0.1, 0.15) is 19.0 Å². The molecule has 0 aliphatic carbocycles. The van der Waals surface area contributed by atoms with Gasteiger partial charge in [0.15, 0.2) is 0 Å². The largest absolute Gasteiger partial charge is 0.462 e. The van der Waals surface area contributed by atoms with Crippen molar-refractivity contribution in [2.75, 3.05) is 56.2 Å². The van der Waals surface area contributed by atoms with Crippen molar-refractivity contribution in [3.63, 3.8) is 0 Å². The molecule has 13 heteroatoms. The summed E-state index contributed by atoms with van der Waals surface area (Å²) in [4.78, 5) is 30.4. The highest BCUT2D eigenvalue weighted by molar-refractivity contribution is 5.69. The number of carbonyl (C=O) groups is 1. The Morgan fingerprint density at radius 2 is 1.83 bits per heavy atom. The van der Waals surface area contributed by atoms with Crippen molar-refractivity contribution in [1.82, 2.24) is 19.8 Å². The highest BCUT2D eigenvalue weighted by atomic mass is 19.4. The smallest absolute Gasteiger partial charge is 0.418 e. The zero-order valence-electron chi connectivity index (χ0n) is 27.2. The Labute approximate surface area is 278 Å². The number of carbonyl (C=O) groups excluding carboxylic acids is 1. The number of hydrogen-bond donors (Lipinski definition) is 0. The third-order valence-corrected chi connectivity index (χ3v) is 9.52. The second-order valence-corrected chi connectivity index (χ2v) is 12.7. The molecule has 2 aromatic carbocycles. The maximum atomic E-state index is 14.2. The zero-order chi connectivity index (χ0) is 33.8. The van der Waals surface area contributed by atoms with Crippen LogP contribution in [-0.4, -0.2) is 84.3 Å². The van der Waals surface area contributed by atoms with E-state index in [1.165, 1.54) is 19.1 Å². The van der Waals surface area contributed by atoms with Crippen LogP contribution < -0.4 is 14.5 Å². The molecule has 3 aliphatic heterocycles. The van der Waals surface area contributed by atoms with E-state index in [2.05, 4.69) is 18.0 Å². The molecule has 0 radical (unpaired) electrons. The van der Waals surface area contributed by atoms with Crippen LogP contribution in [0.5, 0.6) is 6.01 Å². The quantitative estimate of drug-likeness (QED) is 0.306. The lowest BCUT2D eigenvalue weighted by Crippen LogP contribution is -2.55. The van der Waals surface area contributed by atoms with Gasteiger partial charge in [-0.15, -0.1) is 0 Å². The molecule has 4 heterocycles. The number of piperazine rings is 1. The number of benzene rings is 2. The van der Waals surface area contributed by atoms with Gasteiger partial charge in [-0.1, -0.05) is 42.5 Å². The normalized spacial score (nSPS) is 20.0. The van der Waals surface area contributed by atoms with Crippen LogP contribution in [0, 0.1) is 18.3 Å². The van der Waals surface area contributed by atoms with E-state index in [-0.39, 0.29) is 42.9 Å². The van der Waals surface area contributed by atoms with E-state index in [0.717, 1.165) is 30.5 Å². The predicted molar refractivity (Wildman–Crippen MR) is 174 cm³/mol. The Morgan fingerprint density at radius 3 is 2.56 bits per heavy atom. The summed E-state index contributed by atoms with van der Waals surface area (Å²) in [6.45, 7) is 4.56. The third-order valence-electron chi connectivity index (χ3n) is 9.52. The number of hydrogen-bond acceptors (Lipinski definition) is 9. The number of likely N-dealkylation sites (N-methyl/N-ethyl adjacent to an activating group) is 1. The van der Waals surface area contributed by atoms with Crippen LogP contribution in [0.15, 0.2) is 48.5 Å². The maximum Gasteiger partial charge on any atom is 0.418 e. The first-order valence-corrected chi connectivity index (χ1v) is 16.4. The minimum atomic E-state index is -4.50. The van der Waals surface area contributed by atoms with Gasteiger partial charge < -0.3 is 29.1 Å². The summed E-state index contributed by atoms with van der Waals surface area (Å²) in [6, 6.07) is 16.2. The molecule has 0 bridgehead atoms. The minimum Gasteiger partial charge on any atom is -0.462 e. The second kappa shape index (κ2) is 14.3. The van der Waals surface area contributed by atoms with Crippen molar-refractivity contribution in [2.45, 2.75) is 64.0 Å².